The average Bonchev–Trinajstić information content (AvgIpc) is 2.46. The van der Waals surface area contributed by atoms with Gasteiger partial charge in [-0.05, 0) is 31.0 Å². The zero-order valence-corrected chi connectivity index (χ0v) is 12.9. The van der Waals surface area contributed by atoms with Gasteiger partial charge in [0.25, 0.3) is 0 Å². The number of rotatable bonds is 6. The molecule has 0 amide bonds. The van der Waals surface area contributed by atoms with E-state index in [9.17, 15) is 13.2 Å². The van der Waals surface area contributed by atoms with Gasteiger partial charge in [0.2, 0.25) is 11.8 Å². The molecule has 0 aliphatic heterocycles. The van der Waals surface area contributed by atoms with Crippen molar-refractivity contribution in [2.24, 2.45) is 0 Å². The van der Waals surface area contributed by atoms with Crippen molar-refractivity contribution in [2.75, 3.05) is 11.9 Å². The third-order valence-electron chi connectivity index (χ3n) is 3.07. The van der Waals surface area contributed by atoms with Crippen LogP contribution in [0.25, 0.3) is 0 Å². The molecule has 1 N–H and O–H groups in total. The molecule has 23 heavy (non-hydrogen) atoms. The minimum absolute atomic E-state index is 0.0649. The van der Waals surface area contributed by atoms with Crippen molar-refractivity contribution in [1.29, 1.82) is 0 Å². The molecule has 4 nitrogen and oxygen atoms in total. The maximum Gasteiger partial charge on any atom is 0.423 e. The summed E-state index contributed by atoms with van der Waals surface area (Å²) in [5.41, 5.74) is 0.744. The zero-order valence-electron chi connectivity index (χ0n) is 12.9. The first-order valence-electron chi connectivity index (χ1n) is 7.31. The number of unbranched alkanes of at least 4 members (excludes halogenated alkanes) is 1. The maximum atomic E-state index is 13.0. The lowest BCUT2D eigenvalue weighted by Gasteiger charge is -2.14. The van der Waals surface area contributed by atoms with Crippen LogP contribution in [0.3, 0.4) is 0 Å². The molecule has 124 valence electrons. The maximum absolute atomic E-state index is 13.0. The van der Waals surface area contributed by atoms with E-state index in [1.807, 2.05) is 32.0 Å². The molecule has 1 aromatic carbocycles. The Hall–Kier alpha value is -2.31. The summed E-state index contributed by atoms with van der Waals surface area (Å²) in [7, 11) is 0. The first-order valence-corrected chi connectivity index (χ1v) is 7.31. The Morgan fingerprint density at radius 2 is 2.04 bits per heavy atom. The number of halogens is 3. The predicted molar refractivity (Wildman–Crippen MR) is 81.9 cm³/mol. The van der Waals surface area contributed by atoms with E-state index in [4.69, 9.17) is 4.74 Å². The molecule has 0 saturated carbocycles. The van der Waals surface area contributed by atoms with Crippen LogP contribution in [0, 0.1) is 6.92 Å². The Kier molecular flexibility index (Phi) is 5.41. The molecule has 0 unspecified atom stereocenters. The highest BCUT2D eigenvalue weighted by atomic mass is 19.4. The number of aromatic nitrogens is 2. The first kappa shape index (κ1) is 17.1. The Morgan fingerprint density at radius 3 is 2.70 bits per heavy atom. The van der Waals surface area contributed by atoms with Crippen LogP contribution < -0.4 is 10.1 Å². The monoisotopic (exact) mass is 325 g/mol. The number of nitrogens with one attached hydrogen (secondary N) is 1. The van der Waals surface area contributed by atoms with Crippen LogP contribution in [-0.2, 0) is 6.18 Å². The Morgan fingerprint density at radius 1 is 1.26 bits per heavy atom. The van der Waals surface area contributed by atoms with Crippen LogP contribution in [0.2, 0.25) is 0 Å². The SMILES string of the molecule is CCCCOc1nc(Nc2cccc(C)c2)ncc1C(F)(F)F. The van der Waals surface area contributed by atoms with Crippen LogP contribution in [0.5, 0.6) is 5.88 Å². The number of alkyl halides is 3. The molecule has 7 heteroatoms. The number of ether oxygens (including phenoxy) is 1. The summed E-state index contributed by atoms with van der Waals surface area (Å²) in [6.45, 7) is 4.03. The molecular weight excluding hydrogens is 307 g/mol. The number of hydrogen-bond acceptors (Lipinski definition) is 4. The molecule has 0 aliphatic carbocycles. The van der Waals surface area contributed by atoms with Gasteiger partial charge in [0, 0.05) is 11.9 Å². The molecule has 1 aromatic heterocycles. The van der Waals surface area contributed by atoms with E-state index in [2.05, 4.69) is 15.3 Å². The van der Waals surface area contributed by atoms with E-state index in [0.717, 1.165) is 18.2 Å². The summed E-state index contributed by atoms with van der Waals surface area (Å²) < 4.78 is 44.2. The summed E-state index contributed by atoms with van der Waals surface area (Å²) in [5.74, 6) is -0.383. The van der Waals surface area contributed by atoms with Crippen molar-refractivity contribution in [1.82, 2.24) is 9.97 Å². The molecule has 0 radical (unpaired) electrons. The summed E-state index contributed by atoms with van der Waals surface area (Å²) in [6, 6.07) is 7.38. The van der Waals surface area contributed by atoms with Crippen molar-refractivity contribution in [3.05, 3.63) is 41.6 Å². The minimum Gasteiger partial charge on any atom is -0.477 e. The summed E-state index contributed by atoms with van der Waals surface area (Å²) >= 11 is 0. The first-order chi connectivity index (χ1) is 10.9. The average molecular weight is 325 g/mol. The standard InChI is InChI=1S/C16H18F3N3O/c1-3-4-8-23-14-13(16(17,18)19)10-20-15(22-14)21-12-7-5-6-11(2)9-12/h5-7,9-10H,3-4,8H2,1-2H3,(H,20,21,22). The fourth-order valence-corrected chi connectivity index (χ4v) is 1.90. The normalized spacial score (nSPS) is 11.3. The molecule has 0 atom stereocenters. The lowest BCUT2D eigenvalue weighted by molar-refractivity contribution is -0.139. The summed E-state index contributed by atoms with van der Waals surface area (Å²) in [6.07, 6.45) is -2.33. The van der Waals surface area contributed by atoms with Gasteiger partial charge in [-0.1, -0.05) is 25.5 Å². The van der Waals surface area contributed by atoms with E-state index in [1.54, 1.807) is 6.07 Å². The molecule has 0 bridgehead atoms. The molecule has 2 rings (SSSR count). The number of anilines is 2. The van der Waals surface area contributed by atoms with Crippen molar-refractivity contribution in [3.63, 3.8) is 0 Å². The third-order valence-corrected chi connectivity index (χ3v) is 3.07. The van der Waals surface area contributed by atoms with Crippen LogP contribution in [-0.4, -0.2) is 16.6 Å². The second-order valence-electron chi connectivity index (χ2n) is 5.11. The van der Waals surface area contributed by atoms with E-state index in [-0.39, 0.29) is 12.6 Å². The van der Waals surface area contributed by atoms with E-state index in [1.165, 1.54) is 0 Å². The van der Waals surface area contributed by atoms with Gasteiger partial charge < -0.3 is 10.1 Å². The summed E-state index contributed by atoms with van der Waals surface area (Å²) in [5, 5.41) is 2.88. The van der Waals surface area contributed by atoms with Crippen molar-refractivity contribution >= 4 is 11.6 Å². The van der Waals surface area contributed by atoms with E-state index in [0.29, 0.717) is 12.1 Å². The second kappa shape index (κ2) is 7.30. The largest absolute Gasteiger partial charge is 0.477 e. The molecular formula is C16H18F3N3O. The van der Waals surface area contributed by atoms with Crippen molar-refractivity contribution in [3.8, 4) is 5.88 Å². The number of nitrogens with zero attached hydrogens (tertiary/aromatic N) is 2. The van der Waals surface area contributed by atoms with Crippen LogP contribution >= 0.6 is 0 Å². The van der Waals surface area contributed by atoms with Gasteiger partial charge in [0.15, 0.2) is 0 Å². The van der Waals surface area contributed by atoms with Gasteiger partial charge in [-0.2, -0.15) is 18.2 Å². The van der Waals surface area contributed by atoms with Crippen molar-refractivity contribution in [2.45, 2.75) is 32.9 Å². The molecule has 1 heterocycles. The predicted octanol–water partition coefficient (Wildman–Crippen LogP) is 4.73. The van der Waals surface area contributed by atoms with Gasteiger partial charge >= 0.3 is 6.18 Å². The number of aryl methyl sites for hydroxylation is 1. The van der Waals surface area contributed by atoms with E-state index >= 15 is 0 Å². The van der Waals surface area contributed by atoms with Gasteiger partial charge in [0.1, 0.15) is 5.56 Å². The topological polar surface area (TPSA) is 47.0 Å². The Bertz CT molecular complexity index is 659. The number of hydrogen-bond donors (Lipinski definition) is 1. The minimum atomic E-state index is -4.55. The molecule has 0 spiro atoms. The van der Waals surface area contributed by atoms with Gasteiger partial charge in [-0.3, -0.25) is 0 Å². The highest BCUT2D eigenvalue weighted by molar-refractivity contribution is 5.54. The summed E-state index contributed by atoms with van der Waals surface area (Å²) in [4.78, 5) is 7.61. The lowest BCUT2D eigenvalue weighted by Crippen LogP contribution is -2.13. The van der Waals surface area contributed by atoms with Gasteiger partial charge in [-0.25, -0.2) is 4.98 Å². The zero-order chi connectivity index (χ0) is 16.9. The molecule has 0 aliphatic rings. The third kappa shape index (κ3) is 4.84. The Labute approximate surface area is 132 Å². The fourth-order valence-electron chi connectivity index (χ4n) is 1.90. The van der Waals surface area contributed by atoms with Gasteiger partial charge in [-0.15, -0.1) is 0 Å². The quantitative estimate of drug-likeness (QED) is 0.780. The molecule has 0 saturated heterocycles. The van der Waals surface area contributed by atoms with Crippen LogP contribution in [0.15, 0.2) is 30.5 Å². The van der Waals surface area contributed by atoms with Crippen molar-refractivity contribution < 1.29 is 17.9 Å². The van der Waals surface area contributed by atoms with Crippen LogP contribution in [0.4, 0.5) is 24.8 Å². The Balaban J connectivity index is 2.26. The molecule has 2 aromatic rings. The molecule has 0 fully saturated rings. The second-order valence-corrected chi connectivity index (χ2v) is 5.11. The van der Waals surface area contributed by atoms with E-state index < -0.39 is 17.6 Å². The fraction of sp³-hybridized carbons (Fsp3) is 0.375. The highest BCUT2D eigenvalue weighted by Gasteiger charge is 2.36. The smallest absolute Gasteiger partial charge is 0.423 e. The highest BCUT2D eigenvalue weighted by Crippen LogP contribution is 2.35. The van der Waals surface area contributed by atoms with Crippen LogP contribution in [0.1, 0.15) is 30.9 Å². The number of benzene rings is 1. The van der Waals surface area contributed by atoms with Gasteiger partial charge in [0.05, 0.1) is 6.61 Å². The lowest BCUT2D eigenvalue weighted by atomic mass is 10.2.